The average Bonchev–Trinajstić information content (AvgIpc) is 2.49. The van der Waals surface area contributed by atoms with Crippen LogP contribution in [0.3, 0.4) is 0 Å². The zero-order valence-corrected chi connectivity index (χ0v) is 9.22. The lowest BCUT2D eigenvalue weighted by molar-refractivity contribution is -0.134. The number of carboxylic acids is 1. The van der Waals surface area contributed by atoms with E-state index in [0.29, 0.717) is 0 Å². The molecule has 0 fully saturated rings. The Hall–Kier alpha value is -1.62. The van der Waals surface area contributed by atoms with Crippen LogP contribution in [0.2, 0.25) is 0 Å². The van der Waals surface area contributed by atoms with Crippen molar-refractivity contribution in [3.05, 3.63) is 27.6 Å². The first kappa shape index (κ1) is 11.5. The molecule has 0 bridgehead atoms. The first-order valence-electron chi connectivity index (χ1n) is 4.27. The molecule has 80 valence electrons. The number of aryl methyl sites for hydroxylation is 1. The molecule has 4 nitrogen and oxygen atoms in total. The van der Waals surface area contributed by atoms with Crippen LogP contribution < -0.4 is 5.32 Å². The number of aliphatic carboxylic acids is 1. The first-order valence-corrected chi connectivity index (χ1v) is 5.14. The molecule has 0 spiro atoms. The predicted octanol–water partition coefficient (Wildman–Crippen LogP) is 1.62. The molecular formula is C10H11NO3S. The minimum absolute atomic E-state index is 0.111. The van der Waals surface area contributed by atoms with E-state index in [1.54, 1.807) is 0 Å². The van der Waals surface area contributed by atoms with Crippen LogP contribution in [0.25, 0.3) is 6.08 Å². The zero-order chi connectivity index (χ0) is 11.4. The summed E-state index contributed by atoms with van der Waals surface area (Å²) in [5, 5.41) is 12.9. The second-order valence-electron chi connectivity index (χ2n) is 3.04. The van der Waals surface area contributed by atoms with Crippen molar-refractivity contribution < 1.29 is 14.7 Å². The first-order chi connectivity index (χ1) is 6.99. The van der Waals surface area contributed by atoms with Crippen molar-refractivity contribution in [1.29, 1.82) is 0 Å². The number of nitrogens with one attached hydrogen (secondary N) is 1. The number of amides is 1. The summed E-state index contributed by atoms with van der Waals surface area (Å²) < 4.78 is 0. The molecule has 5 heteroatoms. The number of hydrogen-bond donors (Lipinski definition) is 2. The smallest absolute Gasteiger partial charge is 0.352 e. The van der Waals surface area contributed by atoms with Crippen LogP contribution in [0.4, 0.5) is 0 Å². The molecule has 0 aliphatic carbocycles. The van der Waals surface area contributed by atoms with Gasteiger partial charge in [-0.2, -0.15) is 0 Å². The Kier molecular flexibility index (Phi) is 3.62. The predicted molar refractivity (Wildman–Crippen MR) is 58.5 cm³/mol. The summed E-state index contributed by atoms with van der Waals surface area (Å²) in [5.41, 5.74) is 0.670. The average molecular weight is 225 g/mol. The number of hydrogen-bond acceptors (Lipinski definition) is 3. The van der Waals surface area contributed by atoms with Crippen LogP contribution in [0.1, 0.15) is 17.4 Å². The Labute approximate surface area is 91.2 Å². The van der Waals surface area contributed by atoms with E-state index < -0.39 is 11.9 Å². The minimum atomic E-state index is -1.14. The van der Waals surface area contributed by atoms with Gasteiger partial charge < -0.3 is 10.4 Å². The molecule has 0 atom stereocenters. The lowest BCUT2D eigenvalue weighted by Crippen LogP contribution is -2.24. The molecule has 1 heterocycles. The molecule has 0 saturated heterocycles. The SMILES string of the molecule is CC(=O)N/C(=C/c1csc(C)c1)C(=O)O. The van der Waals surface area contributed by atoms with E-state index in [1.165, 1.54) is 24.3 Å². The molecular weight excluding hydrogens is 214 g/mol. The third kappa shape index (κ3) is 3.55. The molecule has 15 heavy (non-hydrogen) atoms. The van der Waals surface area contributed by atoms with Gasteiger partial charge in [0.25, 0.3) is 0 Å². The van der Waals surface area contributed by atoms with Crippen LogP contribution >= 0.6 is 11.3 Å². The lowest BCUT2D eigenvalue weighted by Gasteiger charge is -2.01. The van der Waals surface area contributed by atoms with Crippen LogP contribution in [-0.4, -0.2) is 17.0 Å². The summed E-state index contributed by atoms with van der Waals surface area (Å²) in [6.07, 6.45) is 1.44. The number of carboxylic acid groups (broad SMARTS) is 1. The fourth-order valence-corrected chi connectivity index (χ4v) is 1.71. The van der Waals surface area contributed by atoms with E-state index in [4.69, 9.17) is 5.11 Å². The molecule has 1 amide bonds. The van der Waals surface area contributed by atoms with Gasteiger partial charge in [0.1, 0.15) is 5.70 Å². The van der Waals surface area contributed by atoms with Crippen molar-refractivity contribution in [2.24, 2.45) is 0 Å². The maximum atomic E-state index is 10.8. The number of thiophene rings is 1. The number of carbonyl (C=O) groups excluding carboxylic acids is 1. The molecule has 0 aromatic carbocycles. The van der Waals surface area contributed by atoms with Crippen LogP contribution in [0, 0.1) is 6.92 Å². The Morgan fingerprint density at radius 1 is 1.53 bits per heavy atom. The topological polar surface area (TPSA) is 66.4 Å². The maximum Gasteiger partial charge on any atom is 0.352 e. The minimum Gasteiger partial charge on any atom is -0.477 e. The van der Waals surface area contributed by atoms with Crippen molar-refractivity contribution >= 4 is 29.3 Å². The summed E-state index contributed by atoms with van der Waals surface area (Å²) in [6, 6.07) is 1.86. The van der Waals surface area contributed by atoms with E-state index >= 15 is 0 Å². The molecule has 0 saturated carbocycles. The lowest BCUT2D eigenvalue weighted by atomic mass is 10.2. The second kappa shape index (κ2) is 4.75. The van der Waals surface area contributed by atoms with Crippen molar-refractivity contribution in [3.63, 3.8) is 0 Å². The van der Waals surface area contributed by atoms with Gasteiger partial charge in [0.2, 0.25) is 5.91 Å². The highest BCUT2D eigenvalue weighted by atomic mass is 32.1. The highest BCUT2D eigenvalue weighted by Crippen LogP contribution is 2.15. The summed E-state index contributed by atoms with van der Waals surface area (Å²) >= 11 is 1.53. The van der Waals surface area contributed by atoms with Crippen molar-refractivity contribution in [1.82, 2.24) is 5.32 Å². The van der Waals surface area contributed by atoms with Crippen molar-refractivity contribution in [3.8, 4) is 0 Å². The standard InChI is InChI=1S/C10H11NO3S/c1-6-3-8(5-15-6)4-9(10(13)14)11-7(2)12/h3-5H,1-2H3,(H,11,12)(H,13,14)/b9-4+. The molecule has 1 aromatic heterocycles. The van der Waals surface area contributed by atoms with Gasteiger partial charge in [-0.25, -0.2) is 4.79 Å². The van der Waals surface area contributed by atoms with E-state index in [-0.39, 0.29) is 5.70 Å². The van der Waals surface area contributed by atoms with Gasteiger partial charge in [0.05, 0.1) is 0 Å². The Morgan fingerprint density at radius 2 is 2.20 bits per heavy atom. The normalized spacial score (nSPS) is 11.2. The fraction of sp³-hybridized carbons (Fsp3) is 0.200. The van der Waals surface area contributed by atoms with Crippen LogP contribution in [0.15, 0.2) is 17.1 Å². The zero-order valence-electron chi connectivity index (χ0n) is 8.40. The molecule has 1 rings (SSSR count). The highest BCUT2D eigenvalue weighted by Gasteiger charge is 2.08. The molecule has 0 unspecified atom stereocenters. The van der Waals surface area contributed by atoms with E-state index in [2.05, 4.69) is 5.32 Å². The summed E-state index contributed by atoms with van der Waals surface area (Å²) in [5.74, 6) is -1.54. The van der Waals surface area contributed by atoms with Gasteiger partial charge in [0.15, 0.2) is 0 Å². The van der Waals surface area contributed by atoms with Gasteiger partial charge in [-0.05, 0) is 30.0 Å². The molecule has 1 aromatic rings. The second-order valence-corrected chi connectivity index (χ2v) is 4.15. The Bertz CT molecular complexity index is 420. The van der Waals surface area contributed by atoms with Gasteiger partial charge >= 0.3 is 5.97 Å². The van der Waals surface area contributed by atoms with E-state index in [1.807, 2.05) is 18.4 Å². The Morgan fingerprint density at radius 3 is 2.60 bits per heavy atom. The van der Waals surface area contributed by atoms with Gasteiger partial charge in [0, 0.05) is 11.8 Å². The maximum absolute atomic E-state index is 10.8. The van der Waals surface area contributed by atoms with Gasteiger partial charge in [-0.3, -0.25) is 4.79 Å². The van der Waals surface area contributed by atoms with Crippen LogP contribution in [0.5, 0.6) is 0 Å². The number of carbonyl (C=O) groups is 2. The van der Waals surface area contributed by atoms with Crippen LogP contribution in [-0.2, 0) is 9.59 Å². The van der Waals surface area contributed by atoms with Gasteiger partial charge in [-0.1, -0.05) is 0 Å². The monoisotopic (exact) mass is 225 g/mol. The summed E-state index contributed by atoms with van der Waals surface area (Å²) in [6.45, 7) is 3.20. The van der Waals surface area contributed by atoms with E-state index in [9.17, 15) is 9.59 Å². The summed E-state index contributed by atoms with van der Waals surface area (Å²) in [4.78, 5) is 22.6. The molecule has 2 N–H and O–H groups in total. The largest absolute Gasteiger partial charge is 0.477 e. The highest BCUT2D eigenvalue weighted by molar-refractivity contribution is 7.10. The van der Waals surface area contributed by atoms with E-state index in [0.717, 1.165) is 10.4 Å². The molecule has 0 aliphatic rings. The Balaban J connectivity index is 2.93. The quantitative estimate of drug-likeness (QED) is 0.768. The van der Waals surface area contributed by atoms with Crippen molar-refractivity contribution in [2.45, 2.75) is 13.8 Å². The third-order valence-corrected chi connectivity index (χ3v) is 2.48. The molecule has 0 aliphatic heterocycles. The van der Waals surface area contributed by atoms with Gasteiger partial charge in [-0.15, -0.1) is 11.3 Å². The molecule has 0 radical (unpaired) electrons. The number of rotatable bonds is 3. The third-order valence-electron chi connectivity index (χ3n) is 1.60. The van der Waals surface area contributed by atoms with Crippen molar-refractivity contribution in [2.75, 3.05) is 0 Å². The summed E-state index contributed by atoms with van der Waals surface area (Å²) in [7, 11) is 0. The fourth-order valence-electron chi connectivity index (χ4n) is 1.05.